The highest BCUT2D eigenvalue weighted by atomic mass is 32.1. The van der Waals surface area contributed by atoms with Crippen LogP contribution in [-0.4, -0.2) is 32.0 Å². The van der Waals surface area contributed by atoms with Crippen LogP contribution in [0.1, 0.15) is 52.3 Å². The van der Waals surface area contributed by atoms with E-state index in [2.05, 4.69) is 15.6 Å². The van der Waals surface area contributed by atoms with Crippen molar-refractivity contribution in [3.63, 3.8) is 0 Å². The molecule has 41 heavy (non-hydrogen) atoms. The largest absolute Gasteiger partial charge is 0.416 e. The maximum absolute atomic E-state index is 13.5. The van der Waals surface area contributed by atoms with Crippen molar-refractivity contribution in [2.75, 3.05) is 11.9 Å². The van der Waals surface area contributed by atoms with Gasteiger partial charge >= 0.3 is 6.18 Å². The molecule has 2 atom stereocenters. The number of rotatable bonds is 7. The fourth-order valence-electron chi connectivity index (χ4n) is 5.44. The fourth-order valence-corrected chi connectivity index (χ4v) is 5.77. The maximum atomic E-state index is 13.5. The van der Waals surface area contributed by atoms with Crippen molar-refractivity contribution in [1.82, 2.24) is 19.8 Å². The predicted octanol–water partition coefficient (Wildman–Crippen LogP) is 6.82. The van der Waals surface area contributed by atoms with Gasteiger partial charge in [-0.1, -0.05) is 30.3 Å². The van der Waals surface area contributed by atoms with Gasteiger partial charge in [0, 0.05) is 41.9 Å². The molecule has 0 saturated carbocycles. The first-order valence-corrected chi connectivity index (χ1v) is 13.7. The van der Waals surface area contributed by atoms with Gasteiger partial charge in [-0.05, 0) is 86.6 Å². The molecule has 1 aliphatic rings. The number of alkyl halides is 3. The lowest BCUT2D eigenvalue weighted by molar-refractivity contribution is -0.137. The normalized spacial score (nSPS) is 17.0. The van der Waals surface area contributed by atoms with Gasteiger partial charge in [-0.3, -0.25) is 9.78 Å². The number of para-hydroxylation sites is 1. The summed E-state index contributed by atoms with van der Waals surface area (Å²) in [5.41, 5.74) is 4.67. The van der Waals surface area contributed by atoms with Gasteiger partial charge < -0.3 is 20.1 Å². The molecule has 6 nitrogen and oxygen atoms in total. The van der Waals surface area contributed by atoms with E-state index in [0.717, 1.165) is 46.0 Å². The molecule has 3 heterocycles. The minimum atomic E-state index is -4.45. The topological polar surface area (TPSA) is 62.2 Å². The van der Waals surface area contributed by atoms with E-state index in [1.807, 2.05) is 78.8 Å². The molecule has 2 aromatic heterocycles. The van der Waals surface area contributed by atoms with Crippen molar-refractivity contribution in [1.29, 1.82) is 0 Å². The Bertz CT molecular complexity index is 1580. The Balaban J connectivity index is 1.49. The Kier molecular flexibility index (Phi) is 7.86. The lowest BCUT2D eigenvalue weighted by atomic mass is 9.96. The van der Waals surface area contributed by atoms with E-state index in [1.54, 1.807) is 12.3 Å². The number of halogens is 3. The highest BCUT2D eigenvalue weighted by Crippen LogP contribution is 2.42. The van der Waals surface area contributed by atoms with Gasteiger partial charge in [0.15, 0.2) is 5.11 Å². The maximum Gasteiger partial charge on any atom is 0.416 e. The third kappa shape index (κ3) is 5.83. The zero-order chi connectivity index (χ0) is 29.3. The van der Waals surface area contributed by atoms with Crippen LogP contribution >= 0.6 is 12.2 Å². The van der Waals surface area contributed by atoms with Crippen molar-refractivity contribution in [2.45, 2.75) is 45.5 Å². The van der Waals surface area contributed by atoms with Crippen molar-refractivity contribution in [3.05, 3.63) is 113 Å². The number of amides is 1. The third-order valence-electron chi connectivity index (χ3n) is 7.42. The minimum absolute atomic E-state index is 0.142. The number of aromatic nitrogens is 2. The number of aryl methyl sites for hydroxylation is 2. The molecule has 0 unspecified atom stereocenters. The van der Waals surface area contributed by atoms with E-state index < -0.39 is 11.7 Å². The molecule has 0 radical (unpaired) electrons. The molecule has 0 aliphatic carbocycles. The summed E-state index contributed by atoms with van der Waals surface area (Å²) in [5, 5.41) is 6.84. The molecular weight excluding hydrogens is 547 g/mol. The van der Waals surface area contributed by atoms with Crippen molar-refractivity contribution < 1.29 is 18.0 Å². The molecular formula is C31H30F3N5OS. The quantitative estimate of drug-likeness (QED) is 0.236. The second-order valence-electron chi connectivity index (χ2n) is 10.1. The number of hydrogen-bond donors (Lipinski definition) is 2. The minimum Gasteiger partial charge on any atom is -0.352 e. The van der Waals surface area contributed by atoms with Crippen LogP contribution in [0.5, 0.6) is 0 Å². The van der Waals surface area contributed by atoms with Gasteiger partial charge in [-0.2, -0.15) is 13.2 Å². The molecule has 2 N–H and O–H groups in total. The third-order valence-corrected chi connectivity index (χ3v) is 7.77. The number of hydrogen-bond acceptors (Lipinski definition) is 3. The summed E-state index contributed by atoms with van der Waals surface area (Å²) in [6.07, 6.45) is -2.55. The van der Waals surface area contributed by atoms with Gasteiger partial charge in [0.1, 0.15) is 0 Å². The molecule has 2 aromatic carbocycles. The van der Waals surface area contributed by atoms with Crippen LogP contribution in [0.25, 0.3) is 5.69 Å². The number of benzene rings is 2. The van der Waals surface area contributed by atoms with Gasteiger partial charge in [0.25, 0.3) is 0 Å². The van der Waals surface area contributed by atoms with E-state index in [9.17, 15) is 18.0 Å². The van der Waals surface area contributed by atoms with Crippen molar-refractivity contribution in [2.24, 2.45) is 0 Å². The molecule has 0 spiro atoms. The number of nitrogens with zero attached hydrogens (tertiary/aromatic N) is 3. The lowest BCUT2D eigenvalue weighted by Gasteiger charge is -2.28. The van der Waals surface area contributed by atoms with Crippen LogP contribution < -0.4 is 10.6 Å². The first-order chi connectivity index (χ1) is 19.5. The van der Waals surface area contributed by atoms with Crippen LogP contribution in [0.4, 0.5) is 18.9 Å². The molecule has 1 aliphatic heterocycles. The molecule has 5 rings (SSSR count). The van der Waals surface area contributed by atoms with Gasteiger partial charge in [0.05, 0.1) is 23.3 Å². The second-order valence-corrected chi connectivity index (χ2v) is 10.5. The number of pyridine rings is 1. The summed E-state index contributed by atoms with van der Waals surface area (Å²) in [5.74, 6) is -0.142. The Labute approximate surface area is 242 Å². The summed E-state index contributed by atoms with van der Waals surface area (Å²) >= 11 is 5.76. The van der Waals surface area contributed by atoms with E-state index in [4.69, 9.17) is 12.2 Å². The Morgan fingerprint density at radius 2 is 1.78 bits per heavy atom. The average Bonchev–Trinajstić information content (AvgIpc) is 3.43. The lowest BCUT2D eigenvalue weighted by Crippen LogP contribution is -2.33. The van der Waals surface area contributed by atoms with Gasteiger partial charge in [-0.15, -0.1) is 0 Å². The SMILES string of the molecule is Cc1ccccc1NC(=O)CCN1C(=S)N[C@@H](c2ccccn2)[C@H]1c1cc(C)n(-c2cccc(C(F)(F)F)c2)c1C. The van der Waals surface area contributed by atoms with Crippen LogP contribution in [0, 0.1) is 20.8 Å². The second kappa shape index (κ2) is 11.4. The van der Waals surface area contributed by atoms with E-state index >= 15 is 0 Å². The van der Waals surface area contributed by atoms with E-state index in [0.29, 0.717) is 17.3 Å². The molecule has 10 heteroatoms. The fraction of sp³-hybridized carbons (Fsp3) is 0.258. The first kappa shape index (κ1) is 28.4. The smallest absolute Gasteiger partial charge is 0.352 e. The molecule has 1 fully saturated rings. The number of nitrogens with one attached hydrogen (secondary N) is 2. The highest BCUT2D eigenvalue weighted by Gasteiger charge is 2.41. The molecule has 1 saturated heterocycles. The number of anilines is 1. The van der Waals surface area contributed by atoms with Crippen LogP contribution in [0.2, 0.25) is 0 Å². The van der Waals surface area contributed by atoms with Crippen LogP contribution in [-0.2, 0) is 11.0 Å². The summed E-state index contributed by atoms with van der Waals surface area (Å²) in [4.78, 5) is 19.5. The van der Waals surface area contributed by atoms with Crippen molar-refractivity contribution in [3.8, 4) is 5.69 Å². The van der Waals surface area contributed by atoms with Gasteiger partial charge in [-0.25, -0.2) is 0 Å². The first-order valence-electron chi connectivity index (χ1n) is 13.2. The number of thiocarbonyl (C=S) groups is 1. The predicted molar refractivity (Wildman–Crippen MR) is 157 cm³/mol. The molecule has 212 valence electrons. The Morgan fingerprint density at radius 3 is 2.49 bits per heavy atom. The van der Waals surface area contributed by atoms with Crippen molar-refractivity contribution >= 4 is 28.9 Å². The monoisotopic (exact) mass is 577 g/mol. The zero-order valence-electron chi connectivity index (χ0n) is 22.9. The zero-order valence-corrected chi connectivity index (χ0v) is 23.7. The average molecular weight is 578 g/mol. The summed E-state index contributed by atoms with van der Waals surface area (Å²) in [6, 6.07) is 19.8. The Morgan fingerprint density at radius 1 is 1.02 bits per heavy atom. The Hall–Kier alpha value is -4.18. The molecule has 4 aromatic rings. The molecule has 0 bridgehead atoms. The summed E-state index contributed by atoms with van der Waals surface area (Å²) < 4.78 is 42.3. The van der Waals surface area contributed by atoms with E-state index in [1.165, 1.54) is 6.07 Å². The number of carbonyl (C=O) groups excluding carboxylic acids is 1. The van der Waals surface area contributed by atoms with Gasteiger partial charge in [0.2, 0.25) is 5.91 Å². The van der Waals surface area contributed by atoms with E-state index in [-0.39, 0.29) is 24.4 Å². The number of carbonyl (C=O) groups is 1. The standard InChI is InChI=1S/C31H30F3N5OS/c1-19-9-4-5-12-25(19)36-27(40)14-16-38-29(28(37-30(38)41)26-13-6-7-15-35-26)24-17-20(2)39(21(24)3)23-11-8-10-22(18-23)31(32,33)34/h4-13,15,17-18,28-29H,14,16H2,1-3H3,(H,36,40)(H,37,41)/t28-,29+/m0/s1. The summed E-state index contributed by atoms with van der Waals surface area (Å²) in [7, 11) is 0. The van der Waals surface area contributed by atoms with Crippen LogP contribution in [0.15, 0.2) is 79.0 Å². The highest BCUT2D eigenvalue weighted by molar-refractivity contribution is 7.80. The molecule has 1 amide bonds. The summed E-state index contributed by atoms with van der Waals surface area (Å²) in [6.45, 7) is 6.03. The van der Waals surface area contributed by atoms with Crippen LogP contribution in [0.3, 0.4) is 0 Å².